The SMILES string of the molecule is CC(C)(C)C(=O)N1CCC(Cc2ccc(C(C)(C)C)cc2)CC1. The van der Waals surface area contributed by atoms with Gasteiger partial charge >= 0.3 is 0 Å². The Kier molecular flexibility index (Phi) is 5.23. The average molecular weight is 316 g/mol. The Morgan fingerprint density at radius 1 is 1.00 bits per heavy atom. The van der Waals surface area contributed by atoms with E-state index in [1.165, 1.54) is 11.1 Å². The minimum Gasteiger partial charge on any atom is -0.342 e. The molecule has 1 aromatic rings. The van der Waals surface area contributed by atoms with E-state index in [2.05, 4.69) is 49.9 Å². The molecule has 1 saturated heterocycles. The van der Waals surface area contributed by atoms with Gasteiger partial charge in [0.2, 0.25) is 5.91 Å². The maximum Gasteiger partial charge on any atom is 0.227 e. The van der Waals surface area contributed by atoms with Crippen molar-refractivity contribution in [2.24, 2.45) is 11.3 Å². The van der Waals surface area contributed by atoms with E-state index in [-0.39, 0.29) is 10.8 Å². The minimum atomic E-state index is -0.254. The van der Waals surface area contributed by atoms with Gasteiger partial charge in [-0.1, -0.05) is 65.8 Å². The highest BCUT2D eigenvalue weighted by molar-refractivity contribution is 5.81. The Labute approximate surface area is 142 Å². The second-order valence-corrected chi connectivity index (χ2v) is 9.14. The van der Waals surface area contributed by atoms with Gasteiger partial charge in [0.25, 0.3) is 0 Å². The number of carbonyl (C=O) groups excluding carboxylic acids is 1. The molecule has 2 rings (SSSR count). The molecule has 23 heavy (non-hydrogen) atoms. The Morgan fingerprint density at radius 3 is 1.96 bits per heavy atom. The summed E-state index contributed by atoms with van der Waals surface area (Å²) < 4.78 is 0. The first-order valence-corrected chi connectivity index (χ1v) is 8.96. The first-order valence-electron chi connectivity index (χ1n) is 8.96. The van der Waals surface area contributed by atoms with Gasteiger partial charge in [0.1, 0.15) is 0 Å². The Balaban J connectivity index is 1.88. The molecule has 2 heteroatoms. The van der Waals surface area contributed by atoms with E-state index in [0.717, 1.165) is 32.4 Å². The highest BCUT2D eigenvalue weighted by Gasteiger charge is 2.30. The van der Waals surface area contributed by atoms with Crippen molar-refractivity contribution in [3.05, 3.63) is 35.4 Å². The lowest BCUT2D eigenvalue weighted by Gasteiger charge is -2.35. The van der Waals surface area contributed by atoms with E-state index in [4.69, 9.17) is 0 Å². The summed E-state index contributed by atoms with van der Waals surface area (Å²) in [6, 6.07) is 9.11. The number of nitrogens with zero attached hydrogens (tertiary/aromatic N) is 1. The Morgan fingerprint density at radius 2 is 1.52 bits per heavy atom. The topological polar surface area (TPSA) is 20.3 Å². The van der Waals surface area contributed by atoms with Crippen molar-refractivity contribution < 1.29 is 4.79 Å². The lowest BCUT2D eigenvalue weighted by molar-refractivity contribution is -0.140. The molecule has 0 bridgehead atoms. The maximum atomic E-state index is 12.3. The van der Waals surface area contributed by atoms with Crippen LogP contribution in [0.25, 0.3) is 0 Å². The molecule has 0 spiro atoms. The van der Waals surface area contributed by atoms with E-state index in [9.17, 15) is 4.79 Å². The fourth-order valence-electron chi connectivity index (χ4n) is 3.29. The normalized spacial score (nSPS) is 17.4. The summed E-state index contributed by atoms with van der Waals surface area (Å²) in [5, 5.41) is 0. The van der Waals surface area contributed by atoms with Gasteiger partial charge in [-0.05, 0) is 41.7 Å². The number of hydrogen-bond acceptors (Lipinski definition) is 1. The molecule has 1 amide bonds. The van der Waals surface area contributed by atoms with Gasteiger partial charge in [-0.2, -0.15) is 0 Å². The van der Waals surface area contributed by atoms with Crippen molar-refractivity contribution in [3.8, 4) is 0 Å². The summed E-state index contributed by atoms with van der Waals surface area (Å²) in [5.74, 6) is 1.00. The maximum absolute atomic E-state index is 12.3. The van der Waals surface area contributed by atoms with Crippen LogP contribution in [0.2, 0.25) is 0 Å². The van der Waals surface area contributed by atoms with Crippen molar-refractivity contribution in [2.45, 2.75) is 66.2 Å². The Bertz CT molecular complexity index is 522. The molecule has 1 heterocycles. The molecule has 128 valence electrons. The highest BCUT2D eigenvalue weighted by Crippen LogP contribution is 2.27. The zero-order chi connectivity index (χ0) is 17.3. The summed E-state index contributed by atoms with van der Waals surface area (Å²) in [6.45, 7) is 14.6. The molecule has 0 aliphatic carbocycles. The molecule has 2 nitrogen and oxygen atoms in total. The van der Waals surface area contributed by atoms with Crippen LogP contribution in [-0.4, -0.2) is 23.9 Å². The van der Waals surface area contributed by atoms with Crippen LogP contribution in [0.1, 0.15) is 65.5 Å². The monoisotopic (exact) mass is 315 g/mol. The van der Waals surface area contributed by atoms with Crippen LogP contribution in [0, 0.1) is 11.3 Å². The number of carbonyl (C=O) groups is 1. The number of benzene rings is 1. The molecule has 0 atom stereocenters. The van der Waals surface area contributed by atoms with Crippen molar-refractivity contribution in [1.29, 1.82) is 0 Å². The van der Waals surface area contributed by atoms with Crippen molar-refractivity contribution >= 4 is 5.91 Å². The molecule has 1 aliphatic heterocycles. The molecule has 0 aromatic heterocycles. The first-order chi connectivity index (χ1) is 10.6. The van der Waals surface area contributed by atoms with Crippen LogP contribution in [-0.2, 0) is 16.6 Å². The smallest absolute Gasteiger partial charge is 0.227 e. The number of piperidine rings is 1. The van der Waals surface area contributed by atoms with Crippen molar-refractivity contribution in [1.82, 2.24) is 4.90 Å². The summed E-state index contributed by atoms with van der Waals surface area (Å²) in [7, 11) is 0. The van der Waals surface area contributed by atoms with Gasteiger partial charge in [0.15, 0.2) is 0 Å². The minimum absolute atomic E-state index is 0.219. The molecule has 0 radical (unpaired) electrons. The van der Waals surface area contributed by atoms with Crippen molar-refractivity contribution in [2.75, 3.05) is 13.1 Å². The lowest BCUT2D eigenvalue weighted by atomic mass is 9.84. The fourth-order valence-corrected chi connectivity index (χ4v) is 3.29. The van der Waals surface area contributed by atoms with E-state index in [1.807, 2.05) is 20.8 Å². The summed E-state index contributed by atoms with van der Waals surface area (Å²) in [6.07, 6.45) is 3.40. The van der Waals surface area contributed by atoms with E-state index in [0.29, 0.717) is 11.8 Å². The number of amides is 1. The lowest BCUT2D eigenvalue weighted by Crippen LogP contribution is -2.44. The van der Waals surface area contributed by atoms with Gasteiger partial charge in [-0.25, -0.2) is 0 Å². The molecule has 1 aliphatic rings. The standard InChI is InChI=1S/C21H33NO/c1-20(2,3)18-9-7-16(8-10-18)15-17-11-13-22(14-12-17)19(23)21(4,5)6/h7-10,17H,11-15H2,1-6H3. The molecular weight excluding hydrogens is 282 g/mol. The van der Waals surface area contributed by atoms with Gasteiger partial charge in [0, 0.05) is 18.5 Å². The highest BCUT2D eigenvalue weighted by atomic mass is 16.2. The number of likely N-dealkylation sites (tertiary alicyclic amines) is 1. The van der Waals surface area contributed by atoms with Crippen LogP contribution in [0.3, 0.4) is 0 Å². The zero-order valence-electron chi connectivity index (χ0n) is 15.8. The van der Waals surface area contributed by atoms with Crippen LogP contribution in [0.4, 0.5) is 0 Å². The van der Waals surface area contributed by atoms with Gasteiger partial charge in [-0.15, -0.1) is 0 Å². The quantitative estimate of drug-likeness (QED) is 0.767. The third kappa shape index (κ3) is 4.83. The molecular formula is C21H33NO. The molecule has 0 unspecified atom stereocenters. The van der Waals surface area contributed by atoms with E-state index in [1.54, 1.807) is 0 Å². The largest absolute Gasteiger partial charge is 0.342 e. The van der Waals surface area contributed by atoms with Gasteiger partial charge < -0.3 is 4.90 Å². The summed E-state index contributed by atoms with van der Waals surface area (Å²) >= 11 is 0. The zero-order valence-corrected chi connectivity index (χ0v) is 15.8. The summed E-state index contributed by atoms with van der Waals surface area (Å²) in [4.78, 5) is 14.4. The van der Waals surface area contributed by atoms with Crippen LogP contribution >= 0.6 is 0 Å². The van der Waals surface area contributed by atoms with Crippen LogP contribution < -0.4 is 0 Å². The van der Waals surface area contributed by atoms with Crippen molar-refractivity contribution in [3.63, 3.8) is 0 Å². The van der Waals surface area contributed by atoms with Gasteiger partial charge in [-0.3, -0.25) is 4.79 Å². The second-order valence-electron chi connectivity index (χ2n) is 9.14. The predicted octanol–water partition coefficient (Wildman–Crippen LogP) is 4.81. The predicted molar refractivity (Wildman–Crippen MR) is 97.6 cm³/mol. The molecule has 1 fully saturated rings. The first kappa shape index (κ1) is 18.0. The summed E-state index contributed by atoms with van der Waals surface area (Å²) in [5.41, 5.74) is 2.79. The van der Waals surface area contributed by atoms with E-state index < -0.39 is 0 Å². The Hall–Kier alpha value is -1.31. The average Bonchev–Trinajstić information content (AvgIpc) is 2.46. The second kappa shape index (κ2) is 6.67. The van der Waals surface area contributed by atoms with Crippen LogP contribution in [0.15, 0.2) is 24.3 Å². The van der Waals surface area contributed by atoms with Crippen LogP contribution in [0.5, 0.6) is 0 Å². The van der Waals surface area contributed by atoms with Gasteiger partial charge in [0.05, 0.1) is 0 Å². The third-order valence-electron chi connectivity index (χ3n) is 4.89. The molecule has 0 saturated carbocycles. The molecule has 1 aromatic carbocycles. The third-order valence-corrected chi connectivity index (χ3v) is 4.89. The van der Waals surface area contributed by atoms with E-state index >= 15 is 0 Å². The number of hydrogen-bond donors (Lipinski definition) is 0. The fraction of sp³-hybridized carbons (Fsp3) is 0.667. The molecule has 0 N–H and O–H groups in total. The number of rotatable bonds is 2.